The SMILES string of the molecule is CCN(CC)C(C)Oc1ccc(C2(c3ccc(OC(C)N(CC)CC)cc3)OC(=O)c3cccc(N=N)c32)cc1. The number of rotatable bonds is 13. The van der Waals surface area contributed by atoms with Crippen molar-refractivity contribution in [2.45, 2.75) is 59.6 Å². The number of carbonyl (C=O) groups is 1. The molecule has 0 radical (unpaired) electrons. The summed E-state index contributed by atoms with van der Waals surface area (Å²) >= 11 is 0. The number of nitrogens with zero attached hydrogens (tertiary/aromatic N) is 3. The third-order valence-corrected chi connectivity index (χ3v) is 7.77. The molecular weight excluding hydrogens is 504 g/mol. The van der Waals surface area contributed by atoms with Crippen molar-refractivity contribution in [2.75, 3.05) is 26.2 Å². The van der Waals surface area contributed by atoms with Crippen molar-refractivity contribution < 1.29 is 19.0 Å². The van der Waals surface area contributed by atoms with Gasteiger partial charge < -0.3 is 14.2 Å². The predicted molar refractivity (Wildman–Crippen MR) is 155 cm³/mol. The number of carbonyl (C=O) groups excluding carboxylic acids is 1. The predicted octanol–water partition coefficient (Wildman–Crippen LogP) is 6.94. The monoisotopic (exact) mass is 544 g/mol. The molecule has 4 rings (SSSR count). The third-order valence-electron chi connectivity index (χ3n) is 7.77. The zero-order valence-electron chi connectivity index (χ0n) is 24.3. The molecule has 0 spiro atoms. The summed E-state index contributed by atoms with van der Waals surface area (Å²) in [6.07, 6.45) is -0.167. The molecule has 1 aliphatic rings. The van der Waals surface area contributed by atoms with Crippen molar-refractivity contribution >= 4 is 11.7 Å². The molecule has 0 bridgehead atoms. The largest absolute Gasteiger partial charge is 0.475 e. The minimum absolute atomic E-state index is 0.0835. The summed E-state index contributed by atoms with van der Waals surface area (Å²) < 4.78 is 18.6. The molecule has 0 fully saturated rings. The Morgan fingerprint density at radius 3 is 1.62 bits per heavy atom. The molecule has 8 heteroatoms. The van der Waals surface area contributed by atoms with Gasteiger partial charge in [0, 0.05) is 16.7 Å². The molecule has 2 atom stereocenters. The molecule has 3 aromatic carbocycles. The summed E-state index contributed by atoms with van der Waals surface area (Å²) in [4.78, 5) is 17.7. The van der Waals surface area contributed by atoms with Crippen LogP contribution in [0.5, 0.6) is 11.5 Å². The van der Waals surface area contributed by atoms with Gasteiger partial charge in [0.2, 0.25) is 0 Å². The fourth-order valence-corrected chi connectivity index (χ4v) is 5.55. The number of hydrogen-bond donors (Lipinski definition) is 1. The summed E-state index contributed by atoms with van der Waals surface area (Å²) in [7, 11) is 0. The van der Waals surface area contributed by atoms with Crippen LogP contribution in [0.3, 0.4) is 0 Å². The van der Waals surface area contributed by atoms with E-state index in [2.05, 4.69) is 42.6 Å². The van der Waals surface area contributed by atoms with E-state index in [1.165, 1.54) is 0 Å². The zero-order chi connectivity index (χ0) is 28.9. The van der Waals surface area contributed by atoms with Crippen LogP contribution in [-0.4, -0.2) is 54.4 Å². The second-order valence-electron chi connectivity index (χ2n) is 9.81. The molecule has 3 aromatic rings. The standard InChI is InChI=1S/C32H40N4O4/c1-7-35(8-2)22(5)38-26-18-14-24(15-19-26)32(30-28(31(37)40-32)12-11-13-29(30)34-33)25-16-20-27(21-17-25)39-23(6)36(9-3)10-4/h11-23,33H,7-10H2,1-6H3. The van der Waals surface area contributed by atoms with Gasteiger partial charge in [-0.2, -0.15) is 5.11 Å². The van der Waals surface area contributed by atoms with Gasteiger partial charge in [0.25, 0.3) is 0 Å². The highest BCUT2D eigenvalue weighted by Crippen LogP contribution is 2.51. The van der Waals surface area contributed by atoms with Crippen LogP contribution in [0.15, 0.2) is 71.8 Å². The first-order chi connectivity index (χ1) is 19.3. The zero-order valence-corrected chi connectivity index (χ0v) is 24.3. The van der Waals surface area contributed by atoms with Gasteiger partial charge in [-0.05, 0) is 76.4 Å². The fourth-order valence-electron chi connectivity index (χ4n) is 5.55. The fraction of sp³-hybridized carbons (Fsp3) is 0.406. The van der Waals surface area contributed by atoms with E-state index in [1.54, 1.807) is 18.2 Å². The van der Waals surface area contributed by atoms with Gasteiger partial charge >= 0.3 is 5.97 Å². The molecular formula is C32H40N4O4. The van der Waals surface area contributed by atoms with Crippen molar-refractivity contribution in [2.24, 2.45) is 5.11 Å². The number of fused-ring (bicyclic) bond motifs is 1. The van der Waals surface area contributed by atoms with Crippen molar-refractivity contribution in [1.29, 1.82) is 5.53 Å². The van der Waals surface area contributed by atoms with Crippen LogP contribution >= 0.6 is 0 Å². The highest BCUT2D eigenvalue weighted by Gasteiger charge is 2.50. The summed E-state index contributed by atoms with van der Waals surface area (Å²) in [5.74, 6) is 0.984. The molecule has 0 aliphatic carbocycles. The lowest BCUT2D eigenvalue weighted by Gasteiger charge is -2.32. The first kappa shape index (κ1) is 29.2. The summed E-state index contributed by atoms with van der Waals surface area (Å²) in [6.45, 7) is 16.0. The molecule has 8 nitrogen and oxygen atoms in total. The van der Waals surface area contributed by atoms with E-state index in [0.29, 0.717) is 16.8 Å². The molecule has 2 unspecified atom stereocenters. The van der Waals surface area contributed by atoms with E-state index in [-0.39, 0.29) is 12.5 Å². The van der Waals surface area contributed by atoms with E-state index in [1.807, 2.05) is 62.4 Å². The Kier molecular flexibility index (Phi) is 9.22. The molecule has 0 amide bonds. The van der Waals surface area contributed by atoms with Gasteiger partial charge in [0.05, 0.1) is 11.3 Å². The van der Waals surface area contributed by atoms with Crippen LogP contribution in [-0.2, 0) is 10.3 Å². The highest BCUT2D eigenvalue weighted by molar-refractivity contribution is 5.98. The number of esters is 1. The molecule has 1 heterocycles. The van der Waals surface area contributed by atoms with Crippen molar-refractivity contribution in [3.05, 3.63) is 89.0 Å². The lowest BCUT2D eigenvalue weighted by molar-refractivity contribution is 0.0251. The second kappa shape index (κ2) is 12.6. The van der Waals surface area contributed by atoms with Crippen LogP contribution in [0, 0.1) is 5.53 Å². The van der Waals surface area contributed by atoms with Crippen molar-refractivity contribution in [1.82, 2.24) is 9.80 Å². The molecule has 212 valence electrons. The highest BCUT2D eigenvalue weighted by atomic mass is 16.6. The quantitative estimate of drug-likeness (QED) is 0.142. The molecule has 0 saturated heterocycles. The second-order valence-corrected chi connectivity index (χ2v) is 9.81. The topological polar surface area (TPSA) is 87.5 Å². The lowest BCUT2D eigenvalue weighted by Crippen LogP contribution is -2.37. The minimum atomic E-state index is -1.28. The van der Waals surface area contributed by atoms with Crippen molar-refractivity contribution in [3.63, 3.8) is 0 Å². The first-order valence-corrected chi connectivity index (χ1v) is 14.1. The summed E-state index contributed by atoms with van der Waals surface area (Å²) in [6, 6.07) is 20.4. The Morgan fingerprint density at radius 1 is 0.775 bits per heavy atom. The Bertz CT molecular complexity index is 1240. The molecule has 40 heavy (non-hydrogen) atoms. The normalized spacial score (nSPS) is 17.9. The van der Waals surface area contributed by atoms with Gasteiger partial charge in [-0.25, -0.2) is 10.3 Å². The number of ether oxygens (including phenoxy) is 3. The van der Waals surface area contributed by atoms with E-state index < -0.39 is 11.6 Å². The van der Waals surface area contributed by atoms with Crippen LogP contribution in [0.25, 0.3) is 0 Å². The molecule has 1 aliphatic heterocycles. The van der Waals surface area contributed by atoms with Gasteiger partial charge in [0.15, 0.2) is 5.60 Å². The van der Waals surface area contributed by atoms with Crippen LogP contribution < -0.4 is 9.47 Å². The Labute approximate surface area is 237 Å². The van der Waals surface area contributed by atoms with Gasteiger partial charge in [-0.3, -0.25) is 9.80 Å². The molecule has 1 N–H and O–H groups in total. The molecule has 0 saturated carbocycles. The summed E-state index contributed by atoms with van der Waals surface area (Å²) in [5.41, 5.74) is 9.41. The molecule has 0 aromatic heterocycles. The Hall–Kier alpha value is -3.75. The maximum atomic E-state index is 13.2. The average molecular weight is 545 g/mol. The van der Waals surface area contributed by atoms with E-state index in [4.69, 9.17) is 19.7 Å². The Balaban J connectivity index is 1.77. The number of cyclic esters (lactones) is 1. The third kappa shape index (κ3) is 5.46. The Morgan fingerprint density at radius 2 is 1.23 bits per heavy atom. The number of benzene rings is 3. The maximum Gasteiger partial charge on any atom is 0.340 e. The van der Waals surface area contributed by atoms with E-state index >= 15 is 0 Å². The first-order valence-electron chi connectivity index (χ1n) is 14.1. The van der Waals surface area contributed by atoms with Gasteiger partial charge in [0.1, 0.15) is 24.0 Å². The smallest absolute Gasteiger partial charge is 0.340 e. The van der Waals surface area contributed by atoms with Gasteiger partial charge in [-0.15, -0.1) is 0 Å². The number of hydrogen-bond acceptors (Lipinski definition) is 8. The van der Waals surface area contributed by atoms with E-state index in [9.17, 15) is 4.79 Å². The maximum absolute atomic E-state index is 13.2. The van der Waals surface area contributed by atoms with Crippen LogP contribution in [0.1, 0.15) is 68.6 Å². The van der Waals surface area contributed by atoms with Crippen LogP contribution in [0.2, 0.25) is 0 Å². The van der Waals surface area contributed by atoms with E-state index in [0.717, 1.165) is 48.8 Å². The van der Waals surface area contributed by atoms with Crippen molar-refractivity contribution in [3.8, 4) is 11.5 Å². The average Bonchev–Trinajstić information content (AvgIpc) is 3.28. The minimum Gasteiger partial charge on any atom is -0.475 e. The van der Waals surface area contributed by atoms with Gasteiger partial charge in [-0.1, -0.05) is 58.0 Å². The van der Waals surface area contributed by atoms with Crippen LogP contribution in [0.4, 0.5) is 5.69 Å². The summed E-state index contributed by atoms with van der Waals surface area (Å²) in [5, 5.41) is 3.77. The lowest BCUT2D eigenvalue weighted by atomic mass is 9.79. The number of nitrogens with one attached hydrogen (secondary N) is 1.